The first-order valence-corrected chi connectivity index (χ1v) is 5.98. The van der Waals surface area contributed by atoms with Gasteiger partial charge in [-0.3, -0.25) is 4.79 Å². The maximum absolute atomic E-state index is 11.7. The number of fused-ring (bicyclic) bond motifs is 1. The van der Waals surface area contributed by atoms with E-state index < -0.39 is 0 Å². The number of amides is 1. The van der Waals surface area contributed by atoms with Gasteiger partial charge >= 0.3 is 0 Å². The summed E-state index contributed by atoms with van der Waals surface area (Å²) in [6, 6.07) is 9.03. The summed E-state index contributed by atoms with van der Waals surface area (Å²) in [6.07, 6.45) is 0. The summed E-state index contributed by atoms with van der Waals surface area (Å²) in [5, 5.41) is 3.04. The minimum Gasteiger partial charge on any atom is -0.368 e. The number of rotatable bonds is 1. The lowest BCUT2D eigenvalue weighted by molar-refractivity contribution is -0.115. The first kappa shape index (κ1) is 11.7. The SMILES string of the molecule is Nc1nc(Cl)cc(N2CC(=O)Nc3ccccc32)n1. The molecule has 0 atom stereocenters. The van der Waals surface area contributed by atoms with E-state index in [1.807, 2.05) is 24.3 Å². The number of benzene rings is 1. The zero-order valence-corrected chi connectivity index (χ0v) is 10.6. The summed E-state index contributed by atoms with van der Waals surface area (Å²) < 4.78 is 0. The Bertz CT molecular complexity index is 640. The Morgan fingerprint density at radius 2 is 2.11 bits per heavy atom. The molecule has 1 aromatic heterocycles. The quantitative estimate of drug-likeness (QED) is 0.775. The first-order valence-electron chi connectivity index (χ1n) is 5.60. The van der Waals surface area contributed by atoms with Crippen molar-refractivity contribution < 1.29 is 4.79 Å². The van der Waals surface area contributed by atoms with Gasteiger partial charge in [-0.05, 0) is 12.1 Å². The molecular formula is C12H10ClN5O. The molecule has 2 aromatic rings. The van der Waals surface area contributed by atoms with Crippen molar-refractivity contribution in [3.05, 3.63) is 35.5 Å². The van der Waals surface area contributed by atoms with Gasteiger partial charge in [0.15, 0.2) is 0 Å². The Balaban J connectivity index is 2.12. The van der Waals surface area contributed by atoms with Crippen LogP contribution in [0, 0.1) is 0 Å². The van der Waals surface area contributed by atoms with Crippen molar-refractivity contribution in [3.8, 4) is 0 Å². The van der Waals surface area contributed by atoms with Crippen molar-refractivity contribution in [2.45, 2.75) is 0 Å². The number of hydrogen-bond acceptors (Lipinski definition) is 5. The van der Waals surface area contributed by atoms with Gasteiger partial charge in [0.1, 0.15) is 17.5 Å². The summed E-state index contributed by atoms with van der Waals surface area (Å²) in [4.78, 5) is 21.4. The number of hydrogen-bond donors (Lipinski definition) is 2. The number of aromatic nitrogens is 2. The number of halogens is 1. The zero-order valence-electron chi connectivity index (χ0n) is 9.80. The van der Waals surface area contributed by atoms with E-state index >= 15 is 0 Å². The molecule has 0 aliphatic carbocycles. The summed E-state index contributed by atoms with van der Waals surface area (Å²) in [5.41, 5.74) is 7.16. The normalized spacial score (nSPS) is 13.9. The van der Waals surface area contributed by atoms with Crippen LogP contribution in [0.25, 0.3) is 0 Å². The minimum atomic E-state index is -0.119. The number of nitrogens with two attached hydrogens (primary N) is 1. The number of carbonyl (C=O) groups is 1. The Morgan fingerprint density at radius 1 is 1.32 bits per heavy atom. The lowest BCUT2D eigenvalue weighted by atomic mass is 10.2. The molecule has 7 heteroatoms. The smallest absolute Gasteiger partial charge is 0.244 e. The molecule has 2 heterocycles. The maximum atomic E-state index is 11.7. The number of nitrogens with zero attached hydrogens (tertiary/aromatic N) is 3. The van der Waals surface area contributed by atoms with Gasteiger partial charge < -0.3 is 16.0 Å². The standard InChI is InChI=1S/C12H10ClN5O/c13-9-5-10(17-12(14)16-9)18-6-11(19)15-7-3-1-2-4-8(7)18/h1-5H,6H2,(H,15,19)(H2,14,16,17). The van der Waals surface area contributed by atoms with Crippen LogP contribution in [0.1, 0.15) is 0 Å². The van der Waals surface area contributed by atoms with Gasteiger partial charge in [-0.15, -0.1) is 0 Å². The van der Waals surface area contributed by atoms with E-state index in [-0.39, 0.29) is 23.6 Å². The molecule has 0 radical (unpaired) electrons. The molecule has 0 spiro atoms. The molecule has 1 amide bonds. The third kappa shape index (κ3) is 2.17. The third-order valence-corrected chi connectivity index (χ3v) is 2.94. The molecule has 0 unspecified atom stereocenters. The van der Waals surface area contributed by atoms with Crippen LogP contribution < -0.4 is 16.0 Å². The molecule has 6 nitrogen and oxygen atoms in total. The van der Waals surface area contributed by atoms with E-state index in [9.17, 15) is 4.79 Å². The molecule has 3 N–H and O–H groups in total. The van der Waals surface area contributed by atoms with E-state index in [0.717, 1.165) is 11.4 Å². The second-order valence-electron chi connectivity index (χ2n) is 4.06. The minimum absolute atomic E-state index is 0.0750. The molecule has 0 saturated heterocycles. The van der Waals surface area contributed by atoms with Crippen LogP contribution in [0.3, 0.4) is 0 Å². The summed E-state index contributed by atoms with van der Waals surface area (Å²) >= 11 is 5.87. The lowest BCUT2D eigenvalue weighted by Gasteiger charge is -2.29. The molecule has 1 aromatic carbocycles. The average Bonchev–Trinajstić information content (AvgIpc) is 2.36. The van der Waals surface area contributed by atoms with Gasteiger partial charge in [0.25, 0.3) is 0 Å². The monoisotopic (exact) mass is 275 g/mol. The van der Waals surface area contributed by atoms with Gasteiger partial charge in [-0.1, -0.05) is 23.7 Å². The highest BCUT2D eigenvalue weighted by atomic mass is 35.5. The van der Waals surface area contributed by atoms with Crippen LogP contribution in [0.4, 0.5) is 23.1 Å². The first-order chi connectivity index (χ1) is 9.13. The van der Waals surface area contributed by atoms with E-state index in [2.05, 4.69) is 15.3 Å². The van der Waals surface area contributed by atoms with Crippen molar-refractivity contribution in [2.24, 2.45) is 0 Å². The average molecular weight is 276 g/mol. The molecule has 3 rings (SSSR count). The molecule has 96 valence electrons. The Morgan fingerprint density at radius 3 is 2.89 bits per heavy atom. The van der Waals surface area contributed by atoms with Crippen LogP contribution in [0.2, 0.25) is 5.15 Å². The predicted octanol–water partition coefficient (Wildman–Crippen LogP) is 1.80. The van der Waals surface area contributed by atoms with Crippen LogP contribution in [-0.2, 0) is 4.79 Å². The van der Waals surface area contributed by atoms with E-state index in [1.54, 1.807) is 11.0 Å². The fourth-order valence-corrected chi connectivity index (χ4v) is 2.18. The second kappa shape index (κ2) is 4.40. The molecule has 1 aliphatic rings. The van der Waals surface area contributed by atoms with Crippen molar-refractivity contribution in [1.29, 1.82) is 0 Å². The molecule has 0 bridgehead atoms. The van der Waals surface area contributed by atoms with Gasteiger partial charge in [0, 0.05) is 6.07 Å². The number of para-hydroxylation sites is 2. The number of nitrogens with one attached hydrogen (secondary N) is 1. The Labute approximate surface area is 114 Å². The lowest BCUT2D eigenvalue weighted by Crippen LogP contribution is -2.35. The van der Waals surface area contributed by atoms with Crippen LogP contribution >= 0.6 is 11.6 Å². The van der Waals surface area contributed by atoms with Gasteiger partial charge in [-0.2, -0.15) is 4.98 Å². The van der Waals surface area contributed by atoms with Gasteiger partial charge in [0.2, 0.25) is 11.9 Å². The summed E-state index contributed by atoms with van der Waals surface area (Å²) in [7, 11) is 0. The Kier molecular flexibility index (Phi) is 2.72. The van der Waals surface area contributed by atoms with Crippen molar-refractivity contribution in [1.82, 2.24) is 9.97 Å². The zero-order chi connectivity index (χ0) is 13.4. The molecular weight excluding hydrogens is 266 g/mol. The predicted molar refractivity (Wildman–Crippen MR) is 73.5 cm³/mol. The fourth-order valence-electron chi connectivity index (χ4n) is 2.00. The maximum Gasteiger partial charge on any atom is 0.244 e. The topological polar surface area (TPSA) is 84.1 Å². The molecule has 1 aliphatic heterocycles. The fraction of sp³-hybridized carbons (Fsp3) is 0.0833. The van der Waals surface area contributed by atoms with E-state index in [1.165, 1.54) is 0 Å². The van der Waals surface area contributed by atoms with E-state index in [4.69, 9.17) is 17.3 Å². The molecule has 0 saturated carbocycles. The number of carbonyl (C=O) groups excluding carboxylic acids is 1. The second-order valence-corrected chi connectivity index (χ2v) is 4.45. The Hall–Kier alpha value is -2.34. The largest absolute Gasteiger partial charge is 0.368 e. The molecule has 19 heavy (non-hydrogen) atoms. The third-order valence-electron chi connectivity index (χ3n) is 2.75. The van der Waals surface area contributed by atoms with Gasteiger partial charge in [0.05, 0.1) is 11.4 Å². The highest BCUT2D eigenvalue weighted by molar-refractivity contribution is 6.29. The van der Waals surface area contributed by atoms with Crippen LogP contribution in [0.5, 0.6) is 0 Å². The molecule has 0 fully saturated rings. The highest BCUT2D eigenvalue weighted by Gasteiger charge is 2.24. The van der Waals surface area contributed by atoms with Crippen LogP contribution in [0.15, 0.2) is 30.3 Å². The summed E-state index contributed by atoms with van der Waals surface area (Å²) in [6.45, 7) is 0.157. The number of anilines is 4. The number of nitrogen functional groups attached to an aromatic ring is 1. The highest BCUT2D eigenvalue weighted by Crippen LogP contribution is 2.34. The van der Waals surface area contributed by atoms with Gasteiger partial charge in [-0.25, -0.2) is 4.98 Å². The van der Waals surface area contributed by atoms with Crippen molar-refractivity contribution in [3.63, 3.8) is 0 Å². The van der Waals surface area contributed by atoms with E-state index in [0.29, 0.717) is 5.82 Å². The van der Waals surface area contributed by atoms with Crippen molar-refractivity contribution >= 4 is 40.6 Å². The van der Waals surface area contributed by atoms with Crippen molar-refractivity contribution in [2.75, 3.05) is 22.5 Å². The summed E-state index contributed by atoms with van der Waals surface area (Å²) in [5.74, 6) is 0.456. The van der Waals surface area contributed by atoms with Crippen LogP contribution in [-0.4, -0.2) is 22.4 Å².